The molecule has 1 heterocycles. The van der Waals surface area contributed by atoms with E-state index in [0.717, 1.165) is 28.1 Å². The molecule has 0 amide bonds. The van der Waals surface area contributed by atoms with Gasteiger partial charge in [0.1, 0.15) is 6.61 Å². The fraction of sp³-hybridized carbons (Fsp3) is 0.714. The number of rotatable bonds is 10. The summed E-state index contributed by atoms with van der Waals surface area (Å²) in [6.07, 6.45) is 0.133. The van der Waals surface area contributed by atoms with Crippen LogP contribution >= 0.6 is 0 Å². The third-order valence-corrected chi connectivity index (χ3v) is 5.44. The van der Waals surface area contributed by atoms with E-state index < -0.39 is 10.1 Å². The number of hydrogen-bond donors (Lipinski definition) is 2. The summed E-state index contributed by atoms with van der Waals surface area (Å²) in [4.78, 5) is 10.3. The fourth-order valence-corrected chi connectivity index (χ4v) is 3.93. The summed E-state index contributed by atoms with van der Waals surface area (Å²) in [6.45, 7) is 17.0. The quantitative estimate of drug-likeness (QED) is 0.187. The van der Waals surface area contributed by atoms with Gasteiger partial charge in [-0.25, -0.2) is 0 Å². The second kappa shape index (κ2) is 10.4. The lowest BCUT2D eigenvalue weighted by atomic mass is 9.82. The van der Waals surface area contributed by atoms with E-state index in [1.807, 2.05) is 0 Å². The first-order valence-corrected chi connectivity index (χ1v) is 11.9. The molecule has 166 valence electrons. The Balaban J connectivity index is 3.52. The Kier molecular flexibility index (Phi) is 9.09. The van der Waals surface area contributed by atoms with E-state index in [-0.39, 0.29) is 48.3 Å². The Morgan fingerprint density at radius 1 is 0.966 bits per heavy atom. The minimum absolute atomic E-state index is 0.0493. The molecular weight excluding hydrogens is 390 g/mol. The number of hydrogen-bond acceptors (Lipinski definition) is 5. The van der Waals surface area contributed by atoms with Crippen LogP contribution in [0.25, 0.3) is 0 Å². The third-order valence-electron chi connectivity index (χ3n) is 4.64. The zero-order chi connectivity index (χ0) is 22.5. The molecule has 0 unspecified atom stereocenters. The summed E-state index contributed by atoms with van der Waals surface area (Å²) in [5, 5.41) is 4.09. The summed E-state index contributed by atoms with van der Waals surface area (Å²) in [5.74, 6) is 0.752. The van der Waals surface area contributed by atoms with Gasteiger partial charge in [0, 0.05) is 23.4 Å². The second-order valence-corrected chi connectivity index (χ2v) is 10.2. The predicted molar refractivity (Wildman–Crippen MR) is 118 cm³/mol. The lowest BCUT2D eigenvalue weighted by molar-refractivity contribution is 0.145. The van der Waals surface area contributed by atoms with E-state index in [9.17, 15) is 8.42 Å². The van der Waals surface area contributed by atoms with Crippen molar-refractivity contribution >= 4 is 16.0 Å². The lowest BCUT2D eigenvalue weighted by Gasteiger charge is -2.27. The van der Waals surface area contributed by atoms with Gasteiger partial charge in [-0.2, -0.15) is 8.42 Å². The third kappa shape index (κ3) is 6.96. The molecule has 0 aliphatic rings. The van der Waals surface area contributed by atoms with Gasteiger partial charge in [-0.15, -0.1) is 0 Å². The van der Waals surface area contributed by atoms with Crippen LogP contribution in [-0.2, 0) is 15.0 Å². The van der Waals surface area contributed by atoms with E-state index in [4.69, 9.17) is 20.1 Å². The number of nitrogens with zero attached hydrogens (tertiary/aromatic N) is 2. The minimum atomic E-state index is -4.01. The molecule has 0 aromatic carbocycles. The number of pyridine rings is 1. The second-order valence-electron chi connectivity index (χ2n) is 8.65. The standard InChI is InChI=1S/C21H37N3O4S/c1-12(2)16-18(21(22)24-28-10-9-11-29(25,26)27)17(13(3)4)20(15(7)8)23-19(16)14(5)6/h12-15H,9-11H2,1-8H3,(H2,22,24)(H,25,26,27). The van der Waals surface area contributed by atoms with Crippen LogP contribution in [0.5, 0.6) is 0 Å². The molecule has 0 aliphatic heterocycles. The van der Waals surface area contributed by atoms with Crippen molar-refractivity contribution in [3.8, 4) is 0 Å². The van der Waals surface area contributed by atoms with Gasteiger partial charge in [-0.1, -0.05) is 60.5 Å². The first-order chi connectivity index (χ1) is 13.3. The minimum Gasteiger partial charge on any atom is -0.394 e. The molecule has 0 aliphatic carbocycles. The lowest BCUT2D eigenvalue weighted by Crippen LogP contribution is -2.25. The smallest absolute Gasteiger partial charge is 0.264 e. The van der Waals surface area contributed by atoms with E-state index in [0.29, 0.717) is 0 Å². The normalized spacial score (nSPS) is 13.2. The van der Waals surface area contributed by atoms with E-state index in [2.05, 4.69) is 60.5 Å². The number of amidine groups is 1. The predicted octanol–water partition coefficient (Wildman–Crippen LogP) is 4.49. The molecule has 3 N–H and O–H groups in total. The highest BCUT2D eigenvalue weighted by molar-refractivity contribution is 7.85. The van der Waals surface area contributed by atoms with Gasteiger partial charge in [0.25, 0.3) is 10.1 Å². The van der Waals surface area contributed by atoms with Crippen LogP contribution < -0.4 is 5.73 Å². The Bertz CT molecular complexity index is 791. The number of oxime groups is 1. The van der Waals surface area contributed by atoms with E-state index >= 15 is 0 Å². The van der Waals surface area contributed by atoms with Crippen molar-refractivity contribution in [2.45, 2.75) is 85.5 Å². The fourth-order valence-electron chi connectivity index (χ4n) is 3.44. The molecule has 0 saturated carbocycles. The Hall–Kier alpha value is -1.67. The van der Waals surface area contributed by atoms with Crippen LogP contribution in [0.2, 0.25) is 0 Å². The summed E-state index contributed by atoms with van der Waals surface area (Å²) in [5.41, 5.74) is 11.5. The van der Waals surface area contributed by atoms with Gasteiger partial charge in [-0.3, -0.25) is 9.54 Å². The monoisotopic (exact) mass is 427 g/mol. The molecule has 1 aromatic heterocycles. The molecule has 0 atom stereocenters. The molecule has 8 heteroatoms. The van der Waals surface area contributed by atoms with E-state index in [1.165, 1.54) is 0 Å². The number of nitrogens with two attached hydrogens (primary N) is 1. The first kappa shape index (κ1) is 25.4. The molecule has 7 nitrogen and oxygen atoms in total. The molecule has 0 bridgehead atoms. The van der Waals surface area contributed by atoms with Gasteiger partial charge in [0.15, 0.2) is 5.84 Å². The molecule has 0 saturated heterocycles. The highest BCUT2D eigenvalue weighted by atomic mass is 32.2. The zero-order valence-corrected chi connectivity index (χ0v) is 19.8. The van der Waals surface area contributed by atoms with Gasteiger partial charge in [0.05, 0.1) is 5.75 Å². The first-order valence-electron chi connectivity index (χ1n) is 10.3. The van der Waals surface area contributed by atoms with Crippen molar-refractivity contribution < 1.29 is 17.8 Å². The van der Waals surface area contributed by atoms with Crippen molar-refractivity contribution in [2.24, 2.45) is 10.9 Å². The van der Waals surface area contributed by atoms with Crippen molar-refractivity contribution in [1.82, 2.24) is 4.98 Å². The number of aromatic nitrogens is 1. The van der Waals surface area contributed by atoms with Gasteiger partial charge in [0.2, 0.25) is 0 Å². The maximum absolute atomic E-state index is 10.8. The molecule has 0 radical (unpaired) electrons. The van der Waals surface area contributed by atoms with Crippen LogP contribution in [0.1, 0.15) is 114 Å². The van der Waals surface area contributed by atoms with Crippen molar-refractivity contribution in [3.05, 3.63) is 28.1 Å². The summed E-state index contributed by atoms with van der Waals surface area (Å²) >= 11 is 0. The average Bonchev–Trinajstić information content (AvgIpc) is 2.57. The van der Waals surface area contributed by atoms with Crippen LogP contribution in [0.4, 0.5) is 0 Å². The van der Waals surface area contributed by atoms with Crippen LogP contribution in [-0.4, -0.2) is 36.1 Å². The molecular formula is C21H37N3O4S. The van der Waals surface area contributed by atoms with Gasteiger partial charge in [-0.05, 0) is 34.8 Å². The summed E-state index contributed by atoms with van der Waals surface area (Å²) < 4.78 is 30.5. The highest BCUT2D eigenvalue weighted by Crippen LogP contribution is 2.37. The molecule has 1 rings (SSSR count). The Labute approximate surface area is 175 Å². The van der Waals surface area contributed by atoms with Crippen molar-refractivity contribution in [2.75, 3.05) is 12.4 Å². The zero-order valence-electron chi connectivity index (χ0n) is 19.0. The summed E-state index contributed by atoms with van der Waals surface area (Å²) in [7, 11) is -4.01. The van der Waals surface area contributed by atoms with Crippen LogP contribution in [0.3, 0.4) is 0 Å². The largest absolute Gasteiger partial charge is 0.394 e. The topological polar surface area (TPSA) is 115 Å². The van der Waals surface area contributed by atoms with Gasteiger partial charge < -0.3 is 10.6 Å². The van der Waals surface area contributed by atoms with Gasteiger partial charge >= 0.3 is 0 Å². The molecule has 0 spiro atoms. The molecule has 1 aromatic rings. The van der Waals surface area contributed by atoms with Crippen molar-refractivity contribution in [1.29, 1.82) is 0 Å². The van der Waals surface area contributed by atoms with E-state index in [1.54, 1.807) is 0 Å². The van der Waals surface area contributed by atoms with Crippen molar-refractivity contribution in [3.63, 3.8) is 0 Å². The average molecular weight is 428 g/mol. The molecule has 0 fully saturated rings. The molecule has 29 heavy (non-hydrogen) atoms. The van der Waals surface area contributed by atoms with Crippen LogP contribution in [0, 0.1) is 0 Å². The summed E-state index contributed by atoms with van der Waals surface area (Å²) in [6, 6.07) is 0. The van der Waals surface area contributed by atoms with Crippen LogP contribution in [0.15, 0.2) is 5.16 Å². The Morgan fingerprint density at radius 3 is 1.76 bits per heavy atom. The maximum atomic E-state index is 10.8. The highest BCUT2D eigenvalue weighted by Gasteiger charge is 2.27. The maximum Gasteiger partial charge on any atom is 0.264 e. The Morgan fingerprint density at radius 2 is 1.41 bits per heavy atom. The SMILES string of the molecule is CC(C)c1nc(C(C)C)c(C(C)C)c(/C(N)=N/OCCCS(=O)(=O)O)c1C(C)C.